The van der Waals surface area contributed by atoms with Crippen LogP contribution in [-0.4, -0.2) is 38.8 Å². The van der Waals surface area contributed by atoms with Crippen LogP contribution in [-0.2, 0) is 16.8 Å². The number of hydrogen-bond acceptors (Lipinski definition) is 7. The molecule has 0 fully saturated rings. The first-order valence-electron chi connectivity index (χ1n) is 3.99. The highest BCUT2D eigenvalue weighted by Crippen LogP contribution is 2.06. The molecule has 1 rings (SSSR count). The lowest BCUT2D eigenvalue weighted by Gasteiger charge is -2.13. The Balaban J connectivity index is -0.000000282. The lowest BCUT2D eigenvalue weighted by molar-refractivity contribution is -0.309. The van der Waals surface area contributed by atoms with Gasteiger partial charge in [-0.25, -0.2) is 0 Å². The highest BCUT2D eigenvalue weighted by molar-refractivity contribution is 7.79. The van der Waals surface area contributed by atoms with Gasteiger partial charge in [-0.1, -0.05) is 30.3 Å². The largest absolute Gasteiger partial charge is 0.394 e. The second kappa shape index (κ2) is 8.91. The van der Waals surface area contributed by atoms with Gasteiger partial charge in [0.15, 0.2) is 0 Å². The molecule has 18 heavy (non-hydrogen) atoms. The van der Waals surface area contributed by atoms with E-state index in [4.69, 9.17) is 32.8 Å². The maximum atomic E-state index is 8.74. The van der Waals surface area contributed by atoms with Gasteiger partial charge < -0.3 is 27.6 Å². The summed E-state index contributed by atoms with van der Waals surface area (Å²) in [7, 11) is -4.67. The summed E-state index contributed by atoms with van der Waals surface area (Å²) in [4.78, 5) is 0. The Morgan fingerprint density at radius 3 is 1.56 bits per heavy atom. The summed E-state index contributed by atoms with van der Waals surface area (Å²) < 4.78 is 31.6. The predicted octanol–water partition coefficient (Wildman–Crippen LogP) is -0.469. The highest BCUT2D eigenvalue weighted by atomic mass is 32.3. The van der Waals surface area contributed by atoms with E-state index >= 15 is 0 Å². The van der Waals surface area contributed by atoms with E-state index in [1.54, 1.807) is 24.3 Å². The van der Waals surface area contributed by atoms with Gasteiger partial charge >= 0.3 is 10.4 Å². The van der Waals surface area contributed by atoms with Crippen molar-refractivity contribution in [1.82, 2.24) is 12.3 Å². The van der Waals surface area contributed by atoms with Crippen molar-refractivity contribution in [3.8, 4) is 0 Å². The molecule has 1 aromatic rings. The van der Waals surface area contributed by atoms with Crippen LogP contribution in [0.1, 0.15) is 5.56 Å². The molecule has 0 amide bonds. The van der Waals surface area contributed by atoms with Gasteiger partial charge in [-0.15, -0.1) is 0 Å². The predicted molar refractivity (Wildman–Crippen MR) is 63.8 cm³/mol. The minimum atomic E-state index is -4.67. The average Bonchev–Trinajstić information content (AvgIpc) is 1.99. The summed E-state index contributed by atoms with van der Waals surface area (Å²) in [5.74, 6) is -2.60. The van der Waals surface area contributed by atoms with Gasteiger partial charge in [-0.3, -0.25) is 9.11 Å². The minimum Gasteiger partial charge on any atom is -0.344 e. The lowest BCUT2D eigenvalue weighted by atomic mass is 10.1. The molecule has 0 aliphatic heterocycles. The van der Waals surface area contributed by atoms with E-state index in [0.29, 0.717) is 5.56 Å². The van der Waals surface area contributed by atoms with E-state index in [1.165, 1.54) is 0 Å². The first-order chi connectivity index (χ1) is 7.08. The van der Waals surface area contributed by atoms with Crippen molar-refractivity contribution in [3.63, 3.8) is 0 Å². The van der Waals surface area contributed by atoms with Crippen LogP contribution in [0.2, 0.25) is 0 Å². The van der Waals surface area contributed by atoms with Crippen molar-refractivity contribution in [2.45, 2.75) is 12.4 Å². The normalized spacial score (nSPS) is 10.3. The van der Waals surface area contributed by atoms with E-state index in [1.807, 2.05) is 6.07 Å². The van der Waals surface area contributed by atoms with Gasteiger partial charge in [0.2, 0.25) is 0 Å². The van der Waals surface area contributed by atoms with Crippen molar-refractivity contribution < 1.29 is 32.8 Å². The second-order valence-corrected chi connectivity index (χ2v) is 3.78. The third kappa shape index (κ3) is 20.3. The monoisotopic (exact) mass is 286 g/mol. The molecule has 9 nitrogen and oxygen atoms in total. The molecule has 0 bridgehead atoms. The van der Waals surface area contributed by atoms with Crippen LogP contribution < -0.4 is 12.3 Å². The SMILES string of the molecule is N.N.O=S(=O)(O)O.OC(O)(O)Cc1ccccc1. The van der Waals surface area contributed by atoms with Crippen molar-refractivity contribution >= 4 is 10.4 Å². The summed E-state index contributed by atoms with van der Waals surface area (Å²) in [6.07, 6.45) is -0.173. The zero-order valence-electron chi connectivity index (χ0n) is 9.47. The molecule has 10 heteroatoms. The molecule has 0 aliphatic carbocycles. The number of benzene rings is 1. The van der Waals surface area contributed by atoms with Crippen molar-refractivity contribution in [2.24, 2.45) is 0 Å². The molecule has 108 valence electrons. The zero-order valence-corrected chi connectivity index (χ0v) is 10.3. The highest BCUT2D eigenvalue weighted by Gasteiger charge is 2.17. The van der Waals surface area contributed by atoms with E-state index < -0.39 is 16.4 Å². The van der Waals surface area contributed by atoms with Gasteiger partial charge in [0.1, 0.15) is 0 Å². The van der Waals surface area contributed by atoms with E-state index in [2.05, 4.69) is 0 Å². The van der Waals surface area contributed by atoms with Crippen LogP contribution in [0.3, 0.4) is 0 Å². The van der Waals surface area contributed by atoms with E-state index in [0.717, 1.165) is 0 Å². The standard InChI is InChI=1S/C8H10O3.2H3N.H2O4S/c9-8(10,11)6-7-4-2-1-3-5-7;;;1-5(2,3)4/h1-5,9-11H,6H2;2*1H3;(H2,1,2,3,4). The molecule has 0 spiro atoms. The molecule has 11 N–H and O–H groups in total. The fourth-order valence-electron chi connectivity index (χ4n) is 0.870. The number of aliphatic hydroxyl groups is 3. The summed E-state index contributed by atoms with van der Waals surface area (Å²) in [6, 6.07) is 8.76. The molecule has 0 unspecified atom stereocenters. The molecule has 0 radical (unpaired) electrons. The van der Waals surface area contributed by atoms with Crippen molar-refractivity contribution in [1.29, 1.82) is 0 Å². The summed E-state index contributed by atoms with van der Waals surface area (Å²) >= 11 is 0. The van der Waals surface area contributed by atoms with Gasteiger partial charge in [0.05, 0.1) is 6.42 Å². The maximum absolute atomic E-state index is 8.74. The average molecular weight is 286 g/mol. The van der Waals surface area contributed by atoms with Crippen molar-refractivity contribution in [3.05, 3.63) is 35.9 Å². The zero-order chi connectivity index (χ0) is 12.8. The number of rotatable bonds is 2. The Kier molecular flexibility index (Phi) is 10.9. The van der Waals surface area contributed by atoms with E-state index in [9.17, 15) is 0 Å². The first kappa shape index (κ1) is 22.1. The summed E-state index contributed by atoms with van der Waals surface area (Å²) in [6.45, 7) is 0. The van der Waals surface area contributed by atoms with Gasteiger partial charge in [-0.2, -0.15) is 8.42 Å². The molecular weight excluding hydrogens is 268 g/mol. The molecule has 0 heterocycles. The molecule has 0 aromatic heterocycles. The number of hydrogen-bond donors (Lipinski definition) is 7. The molecule has 0 saturated carbocycles. The summed E-state index contributed by atoms with van der Waals surface area (Å²) in [5.41, 5.74) is 0.681. The third-order valence-electron chi connectivity index (χ3n) is 1.28. The van der Waals surface area contributed by atoms with Crippen LogP contribution in [0.25, 0.3) is 0 Å². The summed E-state index contributed by atoms with van der Waals surface area (Å²) in [5, 5.41) is 25.7. The van der Waals surface area contributed by atoms with Crippen LogP contribution in [0.15, 0.2) is 30.3 Å². The van der Waals surface area contributed by atoms with Crippen LogP contribution in [0.5, 0.6) is 0 Å². The smallest absolute Gasteiger partial charge is 0.344 e. The lowest BCUT2D eigenvalue weighted by Crippen LogP contribution is -2.29. The molecule has 0 saturated heterocycles. The first-order valence-corrected chi connectivity index (χ1v) is 5.38. The molecule has 1 aromatic carbocycles. The van der Waals surface area contributed by atoms with Crippen LogP contribution >= 0.6 is 0 Å². The Morgan fingerprint density at radius 2 is 1.28 bits per heavy atom. The topological polar surface area (TPSA) is 205 Å². The quantitative estimate of drug-likeness (QED) is 0.276. The fourth-order valence-corrected chi connectivity index (χ4v) is 0.870. The Labute approximate surface area is 104 Å². The maximum Gasteiger partial charge on any atom is 0.394 e. The molecule has 0 atom stereocenters. The Hall–Kier alpha value is -1.11. The molecular formula is C8H18N2O7S. The molecule has 0 aliphatic rings. The third-order valence-corrected chi connectivity index (χ3v) is 1.28. The van der Waals surface area contributed by atoms with Crippen LogP contribution in [0.4, 0.5) is 0 Å². The van der Waals surface area contributed by atoms with E-state index in [-0.39, 0.29) is 18.7 Å². The van der Waals surface area contributed by atoms with Crippen molar-refractivity contribution in [2.75, 3.05) is 0 Å². The Morgan fingerprint density at radius 1 is 0.944 bits per heavy atom. The van der Waals surface area contributed by atoms with Crippen LogP contribution in [0, 0.1) is 0 Å². The van der Waals surface area contributed by atoms with Gasteiger partial charge in [-0.05, 0) is 5.56 Å². The Bertz CT molecular complexity index is 393. The fraction of sp³-hybridized carbons (Fsp3) is 0.250. The minimum absolute atomic E-state index is 0. The van der Waals surface area contributed by atoms with Gasteiger partial charge in [0, 0.05) is 0 Å². The van der Waals surface area contributed by atoms with Gasteiger partial charge in [0.25, 0.3) is 5.97 Å². The second-order valence-electron chi connectivity index (χ2n) is 2.88.